The number of anilines is 2. The third kappa shape index (κ3) is 2.81. The Morgan fingerprint density at radius 3 is 2.56 bits per heavy atom. The van der Waals surface area contributed by atoms with Crippen LogP contribution in [0.2, 0.25) is 0 Å². The first-order valence-corrected chi connectivity index (χ1v) is 5.79. The van der Waals surface area contributed by atoms with Gasteiger partial charge in [0.1, 0.15) is 5.75 Å². The molecule has 1 aromatic rings. The van der Waals surface area contributed by atoms with Crippen LogP contribution in [0.3, 0.4) is 0 Å². The van der Waals surface area contributed by atoms with Gasteiger partial charge < -0.3 is 15.8 Å². The van der Waals surface area contributed by atoms with E-state index in [4.69, 9.17) is 10.5 Å². The van der Waals surface area contributed by atoms with Crippen LogP contribution in [-0.2, 0) is 0 Å². The maximum atomic E-state index is 6.01. The average Bonchev–Trinajstić information content (AvgIpc) is 2.27. The summed E-state index contributed by atoms with van der Waals surface area (Å²) in [4.78, 5) is 0. The van der Waals surface area contributed by atoms with Crippen LogP contribution in [0.15, 0.2) is 18.2 Å². The fourth-order valence-corrected chi connectivity index (χ4v) is 1.79. The smallest absolute Gasteiger partial charge is 0.143 e. The molecule has 0 amide bonds. The largest absolute Gasteiger partial charge is 0.495 e. The van der Waals surface area contributed by atoms with Crippen molar-refractivity contribution in [1.29, 1.82) is 0 Å². The molecule has 0 saturated heterocycles. The molecule has 90 valence electrons. The van der Waals surface area contributed by atoms with Gasteiger partial charge in [0.25, 0.3) is 0 Å². The summed E-state index contributed by atoms with van der Waals surface area (Å²) in [6.45, 7) is 6.59. The third-order valence-electron chi connectivity index (χ3n) is 2.87. The lowest BCUT2D eigenvalue weighted by Crippen LogP contribution is -2.25. The van der Waals surface area contributed by atoms with E-state index < -0.39 is 0 Å². The van der Waals surface area contributed by atoms with Gasteiger partial charge in [-0.1, -0.05) is 26.8 Å². The first-order chi connectivity index (χ1) is 7.60. The zero-order valence-electron chi connectivity index (χ0n) is 10.6. The molecule has 3 nitrogen and oxygen atoms in total. The minimum Gasteiger partial charge on any atom is -0.495 e. The summed E-state index contributed by atoms with van der Waals surface area (Å²) in [5.74, 6) is 1.30. The number of nitrogens with two attached hydrogens (primary N) is 1. The van der Waals surface area contributed by atoms with Gasteiger partial charge in [0.05, 0.1) is 18.5 Å². The normalized spacial score (nSPS) is 12.6. The summed E-state index contributed by atoms with van der Waals surface area (Å²) < 4.78 is 5.20. The van der Waals surface area contributed by atoms with E-state index in [0.717, 1.165) is 17.9 Å². The van der Waals surface area contributed by atoms with Gasteiger partial charge >= 0.3 is 0 Å². The second-order valence-corrected chi connectivity index (χ2v) is 4.32. The summed E-state index contributed by atoms with van der Waals surface area (Å²) in [5, 5.41) is 3.47. The molecular formula is C13H22N2O. The highest BCUT2D eigenvalue weighted by molar-refractivity contribution is 5.73. The van der Waals surface area contributed by atoms with Gasteiger partial charge in [0, 0.05) is 6.04 Å². The monoisotopic (exact) mass is 222 g/mol. The molecule has 0 saturated carbocycles. The number of nitrogen functional groups attached to an aromatic ring is 1. The van der Waals surface area contributed by atoms with Crippen molar-refractivity contribution >= 4 is 11.4 Å². The Morgan fingerprint density at radius 2 is 2.06 bits per heavy atom. The Balaban J connectivity index is 2.88. The molecule has 3 N–H and O–H groups in total. The molecule has 16 heavy (non-hydrogen) atoms. The van der Waals surface area contributed by atoms with Crippen molar-refractivity contribution in [3.05, 3.63) is 18.2 Å². The molecule has 1 unspecified atom stereocenters. The molecule has 0 spiro atoms. The van der Waals surface area contributed by atoms with E-state index in [-0.39, 0.29) is 0 Å². The summed E-state index contributed by atoms with van der Waals surface area (Å²) in [7, 11) is 1.63. The highest BCUT2D eigenvalue weighted by Gasteiger charge is 2.13. The Labute approximate surface area is 98.0 Å². The van der Waals surface area contributed by atoms with Crippen LogP contribution in [0, 0.1) is 5.92 Å². The highest BCUT2D eigenvalue weighted by atomic mass is 16.5. The van der Waals surface area contributed by atoms with E-state index in [0.29, 0.717) is 17.6 Å². The van der Waals surface area contributed by atoms with E-state index in [2.05, 4.69) is 26.1 Å². The first-order valence-electron chi connectivity index (χ1n) is 5.79. The standard InChI is InChI=1S/C13H22N2O/c1-5-10(9(2)3)15-11-7-6-8-12(16-4)13(11)14/h6-10,15H,5,14H2,1-4H3. The molecule has 1 atom stereocenters. The first kappa shape index (κ1) is 12.7. The van der Waals surface area contributed by atoms with Crippen LogP contribution >= 0.6 is 0 Å². The van der Waals surface area contributed by atoms with Gasteiger partial charge in [-0.15, -0.1) is 0 Å². The van der Waals surface area contributed by atoms with Crippen LogP contribution in [0.4, 0.5) is 11.4 Å². The van der Waals surface area contributed by atoms with Crippen LogP contribution in [0.1, 0.15) is 27.2 Å². The number of benzene rings is 1. The molecule has 0 radical (unpaired) electrons. The molecule has 0 aliphatic carbocycles. The van der Waals surface area contributed by atoms with E-state index >= 15 is 0 Å². The van der Waals surface area contributed by atoms with Crippen molar-refractivity contribution in [3.8, 4) is 5.75 Å². The van der Waals surface area contributed by atoms with Crippen molar-refractivity contribution in [2.75, 3.05) is 18.2 Å². The predicted octanol–water partition coefficient (Wildman–Crippen LogP) is 3.12. The summed E-state index contributed by atoms with van der Waals surface area (Å²) in [5.41, 5.74) is 7.65. The minimum absolute atomic E-state index is 0.439. The van der Waals surface area contributed by atoms with Gasteiger partial charge in [-0.3, -0.25) is 0 Å². The summed E-state index contributed by atoms with van der Waals surface area (Å²) in [6.07, 6.45) is 1.08. The number of rotatable bonds is 5. The van der Waals surface area contributed by atoms with Crippen LogP contribution in [0.5, 0.6) is 5.75 Å². The predicted molar refractivity (Wildman–Crippen MR) is 69.9 cm³/mol. The lowest BCUT2D eigenvalue weighted by atomic mass is 10.0. The van der Waals surface area contributed by atoms with E-state index in [1.807, 2.05) is 18.2 Å². The fraction of sp³-hybridized carbons (Fsp3) is 0.538. The van der Waals surface area contributed by atoms with E-state index in [9.17, 15) is 0 Å². The zero-order valence-corrected chi connectivity index (χ0v) is 10.6. The summed E-state index contributed by atoms with van der Waals surface area (Å²) in [6, 6.07) is 6.25. The number of para-hydroxylation sites is 1. The Bertz CT molecular complexity index is 337. The number of hydrogen-bond acceptors (Lipinski definition) is 3. The van der Waals surface area contributed by atoms with Crippen molar-refractivity contribution in [2.24, 2.45) is 5.92 Å². The number of methoxy groups -OCH3 is 1. The lowest BCUT2D eigenvalue weighted by molar-refractivity contribution is 0.417. The van der Waals surface area contributed by atoms with E-state index in [1.54, 1.807) is 7.11 Å². The quantitative estimate of drug-likeness (QED) is 0.752. The van der Waals surface area contributed by atoms with Crippen molar-refractivity contribution in [1.82, 2.24) is 0 Å². The van der Waals surface area contributed by atoms with Crippen LogP contribution in [0.25, 0.3) is 0 Å². The number of nitrogens with one attached hydrogen (secondary N) is 1. The van der Waals surface area contributed by atoms with Crippen LogP contribution in [-0.4, -0.2) is 13.2 Å². The van der Waals surface area contributed by atoms with Gasteiger partial charge in [0.15, 0.2) is 0 Å². The zero-order chi connectivity index (χ0) is 12.1. The van der Waals surface area contributed by atoms with Crippen molar-refractivity contribution < 1.29 is 4.74 Å². The topological polar surface area (TPSA) is 47.3 Å². The Kier molecular flexibility index (Phi) is 4.47. The Hall–Kier alpha value is -1.38. The second kappa shape index (κ2) is 5.64. The number of ether oxygens (including phenoxy) is 1. The van der Waals surface area contributed by atoms with Gasteiger partial charge in [-0.2, -0.15) is 0 Å². The fourth-order valence-electron chi connectivity index (χ4n) is 1.79. The number of hydrogen-bond donors (Lipinski definition) is 2. The van der Waals surface area contributed by atoms with Gasteiger partial charge in [-0.25, -0.2) is 0 Å². The second-order valence-electron chi connectivity index (χ2n) is 4.32. The molecule has 0 aliphatic heterocycles. The molecule has 0 fully saturated rings. The molecule has 3 heteroatoms. The molecule has 0 aliphatic rings. The van der Waals surface area contributed by atoms with Crippen molar-refractivity contribution in [2.45, 2.75) is 33.2 Å². The molecule has 1 rings (SSSR count). The van der Waals surface area contributed by atoms with Crippen molar-refractivity contribution in [3.63, 3.8) is 0 Å². The Morgan fingerprint density at radius 1 is 1.38 bits per heavy atom. The molecule has 0 aromatic heterocycles. The lowest BCUT2D eigenvalue weighted by Gasteiger charge is -2.23. The van der Waals surface area contributed by atoms with Gasteiger partial charge in [0.2, 0.25) is 0 Å². The van der Waals surface area contributed by atoms with Crippen LogP contribution < -0.4 is 15.8 Å². The molecule has 0 bridgehead atoms. The maximum Gasteiger partial charge on any atom is 0.143 e. The molecule has 1 aromatic carbocycles. The maximum absolute atomic E-state index is 6.01. The third-order valence-corrected chi connectivity index (χ3v) is 2.87. The average molecular weight is 222 g/mol. The SMILES string of the molecule is CCC(Nc1cccc(OC)c1N)C(C)C. The van der Waals surface area contributed by atoms with Gasteiger partial charge in [-0.05, 0) is 24.5 Å². The molecular weight excluding hydrogens is 200 g/mol. The minimum atomic E-state index is 0.439. The molecule has 0 heterocycles. The summed E-state index contributed by atoms with van der Waals surface area (Å²) >= 11 is 0. The highest BCUT2D eigenvalue weighted by Crippen LogP contribution is 2.30. The van der Waals surface area contributed by atoms with E-state index in [1.165, 1.54) is 0 Å².